The number of aliphatic hydroxyl groups is 2. The van der Waals surface area contributed by atoms with Crippen LogP contribution in [0.5, 0.6) is 0 Å². The lowest BCUT2D eigenvalue weighted by atomic mass is 9.71. The highest BCUT2D eigenvalue weighted by atomic mass is 16.7. The second-order valence-electron chi connectivity index (χ2n) is 19.9. The van der Waals surface area contributed by atoms with Crippen molar-refractivity contribution in [2.45, 2.75) is 197 Å². The van der Waals surface area contributed by atoms with Crippen LogP contribution >= 0.6 is 0 Å². The monoisotopic (exact) mass is 900 g/mol. The molecule has 0 aromatic rings. The number of aliphatic hydroxyl groups excluding tert-OH is 1. The number of ether oxygens (including phenoxy) is 10. The molecule has 6 aliphatic heterocycles. The number of nitrogens with one attached hydrogen (secondary N) is 1. The predicted octanol–water partition coefficient (Wildman–Crippen LogP) is 5.99. The average Bonchev–Trinajstić information content (AvgIpc) is 3.61. The second-order valence-corrected chi connectivity index (χ2v) is 19.9. The van der Waals surface area contributed by atoms with Crippen molar-refractivity contribution in [3.63, 3.8) is 0 Å². The minimum absolute atomic E-state index is 0.0399. The van der Waals surface area contributed by atoms with E-state index in [1.807, 2.05) is 39.1 Å². The Balaban J connectivity index is 1.17. The third kappa shape index (κ3) is 9.69. The summed E-state index contributed by atoms with van der Waals surface area (Å²) in [6.07, 6.45) is 10.5. The Labute approximate surface area is 381 Å². The van der Waals surface area contributed by atoms with Crippen molar-refractivity contribution in [2.24, 2.45) is 23.7 Å². The predicted molar refractivity (Wildman–Crippen MR) is 239 cm³/mol. The zero-order valence-corrected chi connectivity index (χ0v) is 40.2. The number of allylic oxidation sites excluding steroid dienone is 2. The number of methoxy groups -OCH3 is 2. The number of rotatable bonds is 9. The molecular weight excluding hydrogens is 823 g/mol. The van der Waals surface area contributed by atoms with E-state index in [1.165, 1.54) is 0 Å². The van der Waals surface area contributed by atoms with E-state index in [1.54, 1.807) is 33.3 Å². The molecule has 2 bridgehead atoms. The molecule has 360 valence electrons. The van der Waals surface area contributed by atoms with Gasteiger partial charge in [-0.1, -0.05) is 70.6 Å². The quantitative estimate of drug-likeness (QED) is 0.183. The number of carbonyl (C=O) groups is 1. The van der Waals surface area contributed by atoms with Gasteiger partial charge in [-0.15, -0.1) is 0 Å². The lowest BCUT2D eigenvalue weighted by molar-refractivity contribution is -0.317. The largest absolute Gasteiger partial charge is 0.462 e. The van der Waals surface area contributed by atoms with Crippen LogP contribution in [0, 0.1) is 23.7 Å². The number of hydrogen-bond acceptors (Lipinski definition) is 14. The van der Waals surface area contributed by atoms with Crippen molar-refractivity contribution < 1.29 is 62.4 Å². The normalized spacial score (nSPS) is 49.2. The first-order valence-electron chi connectivity index (χ1n) is 23.8. The van der Waals surface area contributed by atoms with E-state index >= 15 is 0 Å². The van der Waals surface area contributed by atoms with Gasteiger partial charge >= 0.3 is 5.97 Å². The van der Waals surface area contributed by atoms with E-state index in [9.17, 15) is 15.0 Å². The first kappa shape index (κ1) is 49.6. The van der Waals surface area contributed by atoms with E-state index in [-0.39, 0.29) is 60.4 Å². The highest BCUT2D eigenvalue weighted by molar-refractivity contribution is 5.78. The lowest BCUT2D eigenvalue weighted by Crippen LogP contribution is -2.65. The zero-order chi connectivity index (χ0) is 46.3. The summed E-state index contributed by atoms with van der Waals surface area (Å²) in [7, 11) is 5.32. The summed E-state index contributed by atoms with van der Waals surface area (Å²) in [5, 5.41) is 27.2. The summed E-state index contributed by atoms with van der Waals surface area (Å²) in [5.41, 5.74) is -0.201. The number of esters is 1. The van der Waals surface area contributed by atoms with Gasteiger partial charge in [0.05, 0.1) is 54.9 Å². The summed E-state index contributed by atoms with van der Waals surface area (Å²) in [5.74, 6) is -2.52. The van der Waals surface area contributed by atoms with Gasteiger partial charge in [0.25, 0.3) is 0 Å². The van der Waals surface area contributed by atoms with Crippen molar-refractivity contribution >= 4 is 5.97 Å². The summed E-state index contributed by atoms with van der Waals surface area (Å²) >= 11 is 0. The van der Waals surface area contributed by atoms with Gasteiger partial charge in [0.15, 0.2) is 18.4 Å². The molecule has 0 aromatic heterocycles. The van der Waals surface area contributed by atoms with Crippen molar-refractivity contribution in [1.82, 2.24) is 5.32 Å². The second kappa shape index (κ2) is 20.1. The summed E-state index contributed by atoms with van der Waals surface area (Å²) in [6.45, 7) is 18.5. The highest BCUT2D eigenvalue weighted by Crippen LogP contribution is 2.47. The first-order valence-corrected chi connectivity index (χ1v) is 23.8. The Hall–Kier alpha value is -2.31. The average molecular weight is 900 g/mol. The smallest absolute Gasteiger partial charge is 0.316 e. The van der Waals surface area contributed by atoms with E-state index < -0.39 is 72.5 Å². The van der Waals surface area contributed by atoms with Crippen LogP contribution in [0.2, 0.25) is 0 Å². The highest BCUT2D eigenvalue weighted by Gasteiger charge is 2.60. The molecule has 1 spiro atoms. The summed E-state index contributed by atoms with van der Waals surface area (Å²) in [4.78, 5) is 14.4. The van der Waals surface area contributed by atoms with Gasteiger partial charge in [-0.3, -0.25) is 4.79 Å². The molecule has 0 amide bonds. The van der Waals surface area contributed by atoms with Crippen molar-refractivity contribution in [3.8, 4) is 0 Å². The zero-order valence-electron chi connectivity index (χ0n) is 40.2. The van der Waals surface area contributed by atoms with Crippen molar-refractivity contribution in [1.29, 1.82) is 0 Å². The van der Waals surface area contributed by atoms with Crippen LogP contribution in [0.1, 0.15) is 101 Å². The molecule has 14 heteroatoms. The number of fused-ring (bicyclic) bond motifs is 2. The molecule has 0 radical (unpaired) electrons. The fourth-order valence-electron chi connectivity index (χ4n) is 11.1. The van der Waals surface area contributed by atoms with Gasteiger partial charge < -0.3 is 62.9 Å². The number of likely N-dealkylation sites (N-methyl/N-ethyl adjacent to an activating group) is 1. The molecular formula is C50H77NO13. The molecule has 14 nitrogen and oxygen atoms in total. The molecule has 64 heavy (non-hydrogen) atoms. The van der Waals surface area contributed by atoms with Gasteiger partial charge in [0, 0.05) is 51.7 Å². The minimum Gasteiger partial charge on any atom is -0.462 e. The fraction of sp³-hybridized carbons (Fsp3) is 0.780. The maximum atomic E-state index is 14.4. The summed E-state index contributed by atoms with van der Waals surface area (Å²) < 4.78 is 64.9. The molecule has 6 heterocycles. The van der Waals surface area contributed by atoms with Crippen molar-refractivity contribution in [2.75, 3.05) is 27.9 Å². The van der Waals surface area contributed by atoms with E-state index in [0.29, 0.717) is 43.3 Å². The molecule has 0 saturated carbocycles. The molecule has 0 aromatic carbocycles. The molecule has 4 fully saturated rings. The molecule has 3 N–H and O–H groups in total. The first-order chi connectivity index (χ1) is 30.4. The molecule has 4 unspecified atom stereocenters. The van der Waals surface area contributed by atoms with Gasteiger partial charge in [-0.2, -0.15) is 0 Å². The summed E-state index contributed by atoms with van der Waals surface area (Å²) in [6, 6.07) is 0. The van der Waals surface area contributed by atoms with E-state index in [4.69, 9.17) is 47.4 Å². The third-order valence-electron chi connectivity index (χ3n) is 15.6. The van der Waals surface area contributed by atoms with E-state index in [2.05, 4.69) is 59.0 Å². The standard InChI is InChI=1S/C50H77NO13/c1-13-27(2)44-30(5)19-20-49(64-44)25-36-22-35(63-49)18-17-29(4)43(28(3)15-14-16-34-26-57-46-42(52)31(6)21-37(47(53)60-36)50(34,46)54)61-40-23-38(55-11)45(32(7)58-40)62-41-24-39(56-12)48(9,51-10)33(8)59-41/h14-17,19-21,27-28,30,32-33,35-46,51-52,54H,13,18,22-26H2,1-12H3/b15-14+,29-17+,34-16+/t27?,28?,30-,32-,33-,35+,36-,37-,38-,39-,40?,41?,42+,43-,44+,45-,46+,48+,49+,50+/m0/s1. The van der Waals surface area contributed by atoms with Crippen LogP contribution < -0.4 is 5.32 Å². The Morgan fingerprint density at radius 1 is 0.953 bits per heavy atom. The van der Waals surface area contributed by atoms with Crippen LogP contribution in [0.15, 0.2) is 59.3 Å². The van der Waals surface area contributed by atoms with Gasteiger partial charge in [0.1, 0.15) is 35.9 Å². The molecule has 4 saturated heterocycles. The lowest BCUT2D eigenvalue weighted by Gasteiger charge is -2.49. The fourth-order valence-corrected chi connectivity index (χ4v) is 11.1. The Morgan fingerprint density at radius 2 is 1.70 bits per heavy atom. The SMILES string of the molecule is CCC(C)[C@H]1O[C@]2(C=C[C@@H]1C)C[C@@H]1C[C@@H](C/C=C(\C)[C@@H](OC3C[C@H](OC)[C@@H](OC4C[C@H](OC)[C@](C)(NC)[C@H](C)O4)[C@H](C)O3)C(C)/C=C/C=C3\CO[C@@H]4[C@H](O)C(C)=C[C@@H](C(=O)O1)[C@]34O)O2. The third-order valence-corrected chi connectivity index (χ3v) is 15.6. The van der Waals surface area contributed by atoms with Crippen LogP contribution in [-0.4, -0.2) is 141 Å². The number of carbonyl (C=O) groups excluding carboxylic acids is 1. The van der Waals surface area contributed by atoms with Gasteiger partial charge in [-0.05, 0) is 76.8 Å². The van der Waals surface area contributed by atoms with E-state index in [0.717, 1.165) is 12.0 Å². The van der Waals surface area contributed by atoms with Crippen LogP contribution in [0.25, 0.3) is 0 Å². The molecule has 7 rings (SSSR count). The maximum Gasteiger partial charge on any atom is 0.316 e. The molecule has 1 aliphatic carbocycles. The van der Waals surface area contributed by atoms with Crippen LogP contribution in [0.3, 0.4) is 0 Å². The Bertz CT molecular complexity index is 1800. The maximum absolute atomic E-state index is 14.4. The van der Waals surface area contributed by atoms with Gasteiger partial charge in [-0.25, -0.2) is 0 Å². The van der Waals surface area contributed by atoms with Crippen LogP contribution in [-0.2, 0) is 52.2 Å². The molecule has 20 atom stereocenters. The van der Waals surface area contributed by atoms with Crippen LogP contribution in [0.4, 0.5) is 0 Å². The minimum atomic E-state index is -1.83. The van der Waals surface area contributed by atoms with Gasteiger partial charge in [0.2, 0.25) is 0 Å². The topological polar surface area (TPSA) is 162 Å². The molecule has 7 aliphatic rings. The Kier molecular flexibility index (Phi) is 15.6. The van der Waals surface area contributed by atoms with Crippen molar-refractivity contribution in [3.05, 3.63) is 59.3 Å². The Morgan fingerprint density at radius 3 is 2.41 bits per heavy atom. The number of hydrogen-bond donors (Lipinski definition) is 3.